The number of nitrogens with two attached hydrogens (primary N) is 1. The standard InChI is InChI=1S/C13H22N2S/c1-5-12(14)13-7-6-11(8-15-13)16-10(4)9(2)3/h6-10,12H,5,14H2,1-4H3. The molecule has 0 aliphatic carbocycles. The molecule has 0 aromatic carbocycles. The van der Waals surface area contributed by atoms with Crippen molar-refractivity contribution in [3.63, 3.8) is 0 Å². The second kappa shape index (κ2) is 6.26. The summed E-state index contributed by atoms with van der Waals surface area (Å²) in [7, 11) is 0. The second-order valence-electron chi connectivity index (χ2n) is 4.50. The van der Waals surface area contributed by atoms with Crippen molar-refractivity contribution in [3.05, 3.63) is 24.0 Å². The molecule has 0 amide bonds. The lowest BCUT2D eigenvalue weighted by Crippen LogP contribution is -2.10. The van der Waals surface area contributed by atoms with E-state index in [0.29, 0.717) is 11.2 Å². The molecule has 3 heteroatoms. The molecular weight excluding hydrogens is 216 g/mol. The van der Waals surface area contributed by atoms with Crippen LogP contribution in [-0.2, 0) is 0 Å². The number of nitrogens with zero attached hydrogens (tertiary/aromatic N) is 1. The summed E-state index contributed by atoms with van der Waals surface area (Å²) in [4.78, 5) is 5.65. The Morgan fingerprint density at radius 1 is 1.31 bits per heavy atom. The molecule has 0 aliphatic heterocycles. The zero-order valence-corrected chi connectivity index (χ0v) is 11.4. The summed E-state index contributed by atoms with van der Waals surface area (Å²) in [5.74, 6) is 0.683. The fraction of sp³-hybridized carbons (Fsp3) is 0.615. The molecule has 0 saturated heterocycles. The molecule has 1 rings (SSSR count). The fourth-order valence-corrected chi connectivity index (χ4v) is 2.20. The lowest BCUT2D eigenvalue weighted by molar-refractivity contribution is 0.642. The van der Waals surface area contributed by atoms with Crippen LogP contribution in [-0.4, -0.2) is 10.2 Å². The summed E-state index contributed by atoms with van der Waals surface area (Å²) in [5.41, 5.74) is 6.91. The van der Waals surface area contributed by atoms with Crippen LogP contribution in [0.4, 0.5) is 0 Å². The summed E-state index contributed by atoms with van der Waals surface area (Å²) < 4.78 is 0. The van der Waals surface area contributed by atoms with Gasteiger partial charge in [0.25, 0.3) is 0 Å². The molecular formula is C13H22N2S. The van der Waals surface area contributed by atoms with Crippen LogP contribution in [0.25, 0.3) is 0 Å². The van der Waals surface area contributed by atoms with Crippen molar-refractivity contribution in [2.24, 2.45) is 11.7 Å². The lowest BCUT2D eigenvalue weighted by Gasteiger charge is -2.15. The van der Waals surface area contributed by atoms with Gasteiger partial charge >= 0.3 is 0 Å². The maximum absolute atomic E-state index is 5.92. The summed E-state index contributed by atoms with van der Waals surface area (Å²) in [5, 5.41) is 0.618. The Bertz CT molecular complexity index is 308. The third kappa shape index (κ3) is 3.80. The van der Waals surface area contributed by atoms with Crippen molar-refractivity contribution in [1.29, 1.82) is 0 Å². The molecule has 0 radical (unpaired) electrons. The van der Waals surface area contributed by atoms with E-state index in [-0.39, 0.29) is 6.04 Å². The Hall–Kier alpha value is -0.540. The normalized spacial score (nSPS) is 15.1. The Labute approximate surface area is 103 Å². The van der Waals surface area contributed by atoms with Crippen molar-refractivity contribution >= 4 is 11.8 Å². The lowest BCUT2D eigenvalue weighted by atomic mass is 10.1. The number of rotatable bonds is 5. The van der Waals surface area contributed by atoms with Gasteiger partial charge in [0.05, 0.1) is 5.69 Å². The van der Waals surface area contributed by atoms with Gasteiger partial charge in [-0.3, -0.25) is 4.98 Å². The highest BCUT2D eigenvalue weighted by molar-refractivity contribution is 8.00. The van der Waals surface area contributed by atoms with E-state index in [1.54, 1.807) is 0 Å². The summed E-state index contributed by atoms with van der Waals surface area (Å²) in [6.45, 7) is 8.82. The van der Waals surface area contributed by atoms with Crippen LogP contribution in [0.3, 0.4) is 0 Å². The average Bonchev–Trinajstić information content (AvgIpc) is 2.28. The van der Waals surface area contributed by atoms with Gasteiger partial charge in [-0.25, -0.2) is 0 Å². The summed E-state index contributed by atoms with van der Waals surface area (Å²) >= 11 is 1.88. The van der Waals surface area contributed by atoms with E-state index in [1.165, 1.54) is 4.90 Å². The first-order valence-corrected chi connectivity index (χ1v) is 6.80. The Morgan fingerprint density at radius 3 is 2.44 bits per heavy atom. The highest BCUT2D eigenvalue weighted by Crippen LogP contribution is 2.27. The zero-order chi connectivity index (χ0) is 12.1. The number of hydrogen-bond donors (Lipinski definition) is 1. The van der Waals surface area contributed by atoms with Gasteiger partial charge in [0.15, 0.2) is 0 Å². The van der Waals surface area contributed by atoms with Gasteiger partial charge in [-0.1, -0.05) is 27.7 Å². The number of thioether (sulfide) groups is 1. The van der Waals surface area contributed by atoms with Crippen molar-refractivity contribution in [2.75, 3.05) is 0 Å². The van der Waals surface area contributed by atoms with Crippen molar-refractivity contribution in [3.8, 4) is 0 Å². The molecule has 0 fully saturated rings. The van der Waals surface area contributed by atoms with Gasteiger partial charge in [0, 0.05) is 22.4 Å². The van der Waals surface area contributed by atoms with E-state index >= 15 is 0 Å². The van der Waals surface area contributed by atoms with E-state index < -0.39 is 0 Å². The summed E-state index contributed by atoms with van der Waals surface area (Å²) in [6, 6.07) is 4.24. The number of aromatic nitrogens is 1. The molecule has 0 saturated carbocycles. The van der Waals surface area contributed by atoms with E-state index in [2.05, 4.69) is 38.7 Å². The fourth-order valence-electron chi connectivity index (χ4n) is 1.24. The van der Waals surface area contributed by atoms with Gasteiger partial charge in [-0.05, 0) is 24.5 Å². The molecule has 2 nitrogen and oxygen atoms in total. The molecule has 0 spiro atoms. The maximum Gasteiger partial charge on any atom is 0.0571 e. The third-order valence-corrected chi connectivity index (χ3v) is 4.27. The molecule has 0 bridgehead atoms. The zero-order valence-electron chi connectivity index (χ0n) is 10.6. The first-order valence-electron chi connectivity index (χ1n) is 5.92. The van der Waals surface area contributed by atoms with Gasteiger partial charge < -0.3 is 5.73 Å². The predicted molar refractivity (Wildman–Crippen MR) is 71.6 cm³/mol. The van der Waals surface area contributed by atoms with Gasteiger partial charge in [-0.15, -0.1) is 11.8 Å². The van der Waals surface area contributed by atoms with E-state index in [0.717, 1.165) is 12.1 Å². The van der Waals surface area contributed by atoms with Crippen LogP contribution >= 0.6 is 11.8 Å². The molecule has 2 atom stereocenters. The van der Waals surface area contributed by atoms with E-state index in [9.17, 15) is 0 Å². The number of pyridine rings is 1. The molecule has 1 aromatic heterocycles. The summed E-state index contributed by atoms with van der Waals surface area (Å²) in [6.07, 6.45) is 2.87. The highest BCUT2D eigenvalue weighted by Gasteiger charge is 2.10. The minimum Gasteiger partial charge on any atom is -0.323 e. The topological polar surface area (TPSA) is 38.9 Å². The first kappa shape index (κ1) is 13.5. The monoisotopic (exact) mass is 238 g/mol. The molecule has 2 unspecified atom stereocenters. The van der Waals surface area contributed by atoms with Crippen LogP contribution < -0.4 is 5.73 Å². The van der Waals surface area contributed by atoms with Crippen LogP contribution in [0.5, 0.6) is 0 Å². The smallest absolute Gasteiger partial charge is 0.0571 e. The average molecular weight is 238 g/mol. The molecule has 16 heavy (non-hydrogen) atoms. The number of hydrogen-bond acceptors (Lipinski definition) is 3. The van der Waals surface area contributed by atoms with Crippen LogP contribution in [0.15, 0.2) is 23.2 Å². The largest absolute Gasteiger partial charge is 0.323 e. The van der Waals surface area contributed by atoms with Gasteiger partial charge in [0.1, 0.15) is 0 Å². The van der Waals surface area contributed by atoms with Crippen LogP contribution in [0.2, 0.25) is 0 Å². The molecule has 2 N–H and O–H groups in total. The maximum atomic E-state index is 5.92. The Kier molecular flexibility index (Phi) is 5.29. The minimum atomic E-state index is 0.0709. The van der Waals surface area contributed by atoms with E-state index in [1.807, 2.05) is 24.0 Å². The van der Waals surface area contributed by atoms with Crippen molar-refractivity contribution < 1.29 is 0 Å². The second-order valence-corrected chi connectivity index (χ2v) is 5.95. The van der Waals surface area contributed by atoms with Crippen molar-refractivity contribution in [1.82, 2.24) is 4.98 Å². The van der Waals surface area contributed by atoms with Crippen LogP contribution in [0, 0.1) is 5.92 Å². The van der Waals surface area contributed by atoms with Gasteiger partial charge in [0.2, 0.25) is 0 Å². The van der Waals surface area contributed by atoms with Crippen LogP contribution in [0.1, 0.15) is 45.9 Å². The predicted octanol–water partition coefficient (Wildman–Crippen LogP) is 3.63. The minimum absolute atomic E-state index is 0.0709. The SMILES string of the molecule is CCC(N)c1ccc(SC(C)C(C)C)cn1. The van der Waals surface area contributed by atoms with Crippen molar-refractivity contribution in [2.45, 2.75) is 50.3 Å². The first-order chi connectivity index (χ1) is 7.54. The van der Waals surface area contributed by atoms with E-state index in [4.69, 9.17) is 5.73 Å². The molecule has 0 aliphatic rings. The quantitative estimate of drug-likeness (QED) is 0.796. The molecule has 90 valence electrons. The third-order valence-electron chi connectivity index (χ3n) is 2.84. The molecule has 1 heterocycles. The highest BCUT2D eigenvalue weighted by atomic mass is 32.2. The Balaban J connectivity index is 2.64. The Morgan fingerprint density at radius 2 is 2.00 bits per heavy atom. The molecule has 1 aromatic rings. The van der Waals surface area contributed by atoms with Gasteiger partial charge in [-0.2, -0.15) is 0 Å².